The third-order valence-corrected chi connectivity index (χ3v) is 3.69. The van der Waals surface area contributed by atoms with E-state index < -0.39 is 11.3 Å². The van der Waals surface area contributed by atoms with Gasteiger partial charge in [0.1, 0.15) is 11.3 Å². The molecule has 0 aliphatic heterocycles. The number of hydrogen-bond donors (Lipinski definition) is 2. The maximum atomic E-state index is 4.51. The molecule has 0 fully saturated rings. The van der Waals surface area contributed by atoms with Crippen LogP contribution in [-0.4, -0.2) is 11.3 Å². The second-order valence-electron chi connectivity index (χ2n) is 7.00. The molecule has 0 heterocycles. The van der Waals surface area contributed by atoms with Crippen LogP contribution in [0.2, 0.25) is 0 Å². The molecule has 0 aliphatic carbocycles. The van der Waals surface area contributed by atoms with Gasteiger partial charge in [-0.15, -0.1) is 0 Å². The third-order valence-electron chi connectivity index (χ3n) is 3.69. The van der Waals surface area contributed by atoms with E-state index in [1.165, 1.54) is 11.1 Å². The Morgan fingerprint density at radius 3 is 1.29 bits per heavy atom. The Kier molecular flexibility index (Phi) is 6.23. The second kappa shape index (κ2) is 8.18. The van der Waals surface area contributed by atoms with Crippen molar-refractivity contribution in [2.24, 2.45) is 10.2 Å². The van der Waals surface area contributed by atoms with E-state index in [1.807, 2.05) is 64.1 Å². The van der Waals surface area contributed by atoms with Gasteiger partial charge in [-0.25, -0.2) is 0 Å². The Morgan fingerprint density at radius 1 is 0.625 bits per heavy atom. The van der Waals surface area contributed by atoms with Crippen molar-refractivity contribution in [3.05, 3.63) is 71.8 Å². The largest absolute Gasteiger partial charge is 0.288 e. The first-order valence-corrected chi connectivity index (χ1v) is 8.38. The summed E-state index contributed by atoms with van der Waals surface area (Å²) in [5.41, 5.74) is 1.65. The van der Waals surface area contributed by atoms with Crippen LogP contribution in [-0.2, 0) is 13.1 Å². The van der Waals surface area contributed by atoms with Gasteiger partial charge in [0.25, 0.3) is 0 Å². The van der Waals surface area contributed by atoms with Crippen molar-refractivity contribution < 1.29 is 0 Å². The van der Waals surface area contributed by atoms with Crippen LogP contribution in [0.3, 0.4) is 0 Å². The molecule has 2 N–H and O–H groups in total. The zero-order valence-electron chi connectivity index (χ0n) is 15.1. The van der Waals surface area contributed by atoms with Gasteiger partial charge < -0.3 is 0 Å². The minimum Gasteiger partial charge on any atom is -0.288 e. The molecule has 0 bridgehead atoms. The van der Waals surface area contributed by atoms with Crippen LogP contribution in [0.5, 0.6) is 0 Å². The van der Waals surface area contributed by atoms with Gasteiger partial charge in [0.2, 0.25) is 0 Å². The standard InChI is InChI=1S/C20H28N4/c1-19(2,21-15-17-11-7-5-8-12-17)23-24-20(3,4)22-16-18-13-9-6-10-14-18/h5-14,21-22H,15-16H2,1-4H3. The molecule has 24 heavy (non-hydrogen) atoms. The summed E-state index contributed by atoms with van der Waals surface area (Å²) in [5, 5.41) is 15.9. The van der Waals surface area contributed by atoms with E-state index in [0.29, 0.717) is 0 Å². The lowest BCUT2D eigenvalue weighted by atomic mass is 10.2. The minimum atomic E-state index is -0.415. The predicted molar refractivity (Wildman–Crippen MR) is 99.6 cm³/mol. The summed E-state index contributed by atoms with van der Waals surface area (Å²) in [6.45, 7) is 9.67. The highest BCUT2D eigenvalue weighted by Gasteiger charge is 2.20. The van der Waals surface area contributed by atoms with Crippen LogP contribution in [0.25, 0.3) is 0 Å². The first-order valence-electron chi connectivity index (χ1n) is 8.38. The average Bonchev–Trinajstić information content (AvgIpc) is 2.59. The summed E-state index contributed by atoms with van der Waals surface area (Å²) in [5.74, 6) is 0. The van der Waals surface area contributed by atoms with E-state index in [9.17, 15) is 0 Å². The lowest BCUT2D eigenvalue weighted by Gasteiger charge is -2.25. The number of benzene rings is 2. The summed E-state index contributed by atoms with van der Waals surface area (Å²) in [6, 6.07) is 20.6. The molecule has 4 heteroatoms. The summed E-state index contributed by atoms with van der Waals surface area (Å²) < 4.78 is 0. The van der Waals surface area contributed by atoms with Crippen LogP contribution >= 0.6 is 0 Å². The SMILES string of the molecule is CC(C)(N=NC(C)(C)NCc1ccccc1)NCc1ccccc1. The highest BCUT2D eigenvalue weighted by atomic mass is 15.3. The van der Waals surface area contributed by atoms with Gasteiger partial charge in [-0.1, -0.05) is 60.7 Å². The Morgan fingerprint density at radius 2 is 0.958 bits per heavy atom. The van der Waals surface area contributed by atoms with Crippen LogP contribution in [0, 0.1) is 0 Å². The fourth-order valence-electron chi connectivity index (χ4n) is 2.15. The van der Waals surface area contributed by atoms with Gasteiger partial charge in [0.05, 0.1) is 0 Å². The molecule has 2 aromatic rings. The van der Waals surface area contributed by atoms with E-state index in [4.69, 9.17) is 0 Å². The summed E-state index contributed by atoms with van der Waals surface area (Å²) in [7, 11) is 0. The van der Waals surface area contributed by atoms with Gasteiger partial charge in [-0.05, 0) is 38.8 Å². The number of nitrogens with zero attached hydrogens (tertiary/aromatic N) is 2. The molecule has 0 spiro atoms. The predicted octanol–water partition coefficient (Wildman–Crippen LogP) is 4.49. The van der Waals surface area contributed by atoms with Crippen molar-refractivity contribution in [1.29, 1.82) is 0 Å². The van der Waals surface area contributed by atoms with Crippen molar-refractivity contribution in [3.8, 4) is 0 Å². The normalized spacial score (nSPS) is 12.7. The zero-order valence-corrected chi connectivity index (χ0v) is 15.1. The van der Waals surface area contributed by atoms with Gasteiger partial charge in [0.15, 0.2) is 0 Å². The molecule has 0 radical (unpaired) electrons. The van der Waals surface area contributed by atoms with Crippen molar-refractivity contribution in [2.45, 2.75) is 52.1 Å². The molecule has 2 aromatic carbocycles. The molecule has 0 saturated carbocycles. The summed E-state index contributed by atoms with van der Waals surface area (Å²) in [6.07, 6.45) is 0. The minimum absolute atomic E-state index is 0.415. The topological polar surface area (TPSA) is 48.8 Å². The third kappa shape index (κ3) is 6.60. The number of nitrogens with one attached hydrogen (secondary N) is 2. The highest BCUT2D eigenvalue weighted by Crippen LogP contribution is 2.13. The first-order chi connectivity index (χ1) is 11.4. The summed E-state index contributed by atoms with van der Waals surface area (Å²) >= 11 is 0. The van der Waals surface area contributed by atoms with E-state index in [2.05, 4.69) is 45.1 Å². The number of rotatable bonds is 8. The molecule has 0 atom stereocenters. The number of hydrogen-bond acceptors (Lipinski definition) is 4. The van der Waals surface area contributed by atoms with Gasteiger partial charge in [-0.2, -0.15) is 10.2 Å². The smallest absolute Gasteiger partial charge is 0.126 e. The number of azo groups is 1. The molecule has 0 aliphatic rings. The quantitative estimate of drug-likeness (QED) is 0.703. The van der Waals surface area contributed by atoms with E-state index >= 15 is 0 Å². The van der Waals surface area contributed by atoms with Crippen molar-refractivity contribution in [3.63, 3.8) is 0 Å². The van der Waals surface area contributed by atoms with Crippen molar-refractivity contribution in [1.82, 2.24) is 10.6 Å². The monoisotopic (exact) mass is 324 g/mol. The molecular formula is C20H28N4. The fraction of sp³-hybridized carbons (Fsp3) is 0.400. The van der Waals surface area contributed by atoms with Crippen molar-refractivity contribution in [2.75, 3.05) is 0 Å². The molecule has 2 rings (SSSR count). The first kappa shape index (κ1) is 18.3. The van der Waals surface area contributed by atoms with Crippen LogP contribution < -0.4 is 10.6 Å². The maximum absolute atomic E-state index is 4.51. The molecule has 0 unspecified atom stereocenters. The van der Waals surface area contributed by atoms with Crippen molar-refractivity contribution >= 4 is 0 Å². The Bertz CT molecular complexity index is 576. The highest BCUT2D eigenvalue weighted by molar-refractivity contribution is 5.15. The zero-order chi connectivity index (χ0) is 17.5. The molecule has 0 amide bonds. The van der Waals surface area contributed by atoms with Crippen LogP contribution in [0.15, 0.2) is 70.9 Å². The van der Waals surface area contributed by atoms with E-state index in [0.717, 1.165) is 13.1 Å². The molecule has 0 saturated heterocycles. The Labute approximate surface area is 145 Å². The van der Waals surface area contributed by atoms with E-state index in [-0.39, 0.29) is 0 Å². The van der Waals surface area contributed by atoms with Gasteiger partial charge in [0, 0.05) is 13.1 Å². The lowest BCUT2D eigenvalue weighted by molar-refractivity contribution is 0.325. The molecule has 128 valence electrons. The van der Waals surface area contributed by atoms with Gasteiger partial charge in [-0.3, -0.25) is 10.6 Å². The lowest BCUT2D eigenvalue weighted by Crippen LogP contribution is -2.40. The maximum Gasteiger partial charge on any atom is 0.126 e. The molecule has 0 aromatic heterocycles. The fourth-order valence-corrected chi connectivity index (χ4v) is 2.15. The molecule has 4 nitrogen and oxygen atoms in total. The summed E-state index contributed by atoms with van der Waals surface area (Å²) in [4.78, 5) is 0. The second-order valence-corrected chi connectivity index (χ2v) is 7.00. The molecular weight excluding hydrogens is 296 g/mol. The average molecular weight is 324 g/mol. The van der Waals surface area contributed by atoms with Crippen LogP contribution in [0.4, 0.5) is 0 Å². The van der Waals surface area contributed by atoms with Crippen LogP contribution in [0.1, 0.15) is 38.8 Å². The van der Waals surface area contributed by atoms with E-state index in [1.54, 1.807) is 0 Å². The Balaban J connectivity index is 1.86. The van der Waals surface area contributed by atoms with Gasteiger partial charge >= 0.3 is 0 Å². The Hall–Kier alpha value is -2.04.